The SMILES string of the molecule is CCn1c(C)cc(C(=O)COC(=O)[C@@H]2CC(=O)N(c3cccc(SC)c3)C2)c1C. The number of aromatic nitrogens is 1. The highest BCUT2D eigenvalue weighted by Gasteiger charge is 2.36. The molecule has 0 unspecified atom stereocenters. The number of carbonyl (C=O) groups excluding carboxylic acids is 3. The molecule has 2 aromatic rings. The summed E-state index contributed by atoms with van der Waals surface area (Å²) < 4.78 is 7.32. The van der Waals surface area contributed by atoms with Gasteiger partial charge in [-0.1, -0.05) is 6.07 Å². The van der Waals surface area contributed by atoms with Crippen LogP contribution in [0.3, 0.4) is 0 Å². The van der Waals surface area contributed by atoms with Gasteiger partial charge < -0.3 is 14.2 Å². The number of thioether (sulfide) groups is 1. The fraction of sp³-hybridized carbons (Fsp3) is 0.409. The summed E-state index contributed by atoms with van der Waals surface area (Å²) >= 11 is 1.60. The molecule has 0 radical (unpaired) electrons. The van der Waals surface area contributed by atoms with Crippen molar-refractivity contribution in [1.29, 1.82) is 0 Å². The van der Waals surface area contributed by atoms with Crippen LogP contribution in [0.4, 0.5) is 5.69 Å². The van der Waals surface area contributed by atoms with Gasteiger partial charge in [0.05, 0.1) is 5.92 Å². The summed E-state index contributed by atoms with van der Waals surface area (Å²) in [5, 5.41) is 0. The van der Waals surface area contributed by atoms with E-state index < -0.39 is 11.9 Å². The minimum atomic E-state index is -0.559. The van der Waals surface area contributed by atoms with Crippen molar-refractivity contribution in [2.75, 3.05) is 24.3 Å². The van der Waals surface area contributed by atoms with E-state index in [0.29, 0.717) is 5.56 Å². The number of ketones is 1. The van der Waals surface area contributed by atoms with Crippen molar-refractivity contribution in [2.45, 2.75) is 38.6 Å². The molecule has 154 valence electrons. The molecule has 1 saturated heterocycles. The molecule has 7 heteroatoms. The van der Waals surface area contributed by atoms with Crippen LogP contribution in [0.5, 0.6) is 0 Å². The summed E-state index contributed by atoms with van der Waals surface area (Å²) in [7, 11) is 0. The van der Waals surface area contributed by atoms with E-state index in [2.05, 4.69) is 0 Å². The predicted molar refractivity (Wildman–Crippen MR) is 114 cm³/mol. The van der Waals surface area contributed by atoms with Crippen molar-refractivity contribution >= 4 is 35.1 Å². The summed E-state index contributed by atoms with van der Waals surface area (Å²) in [6.45, 7) is 6.61. The Morgan fingerprint density at radius 2 is 2.00 bits per heavy atom. The van der Waals surface area contributed by atoms with Crippen molar-refractivity contribution in [3.63, 3.8) is 0 Å². The van der Waals surface area contributed by atoms with Crippen molar-refractivity contribution in [1.82, 2.24) is 4.57 Å². The van der Waals surface area contributed by atoms with E-state index >= 15 is 0 Å². The molecule has 1 aliphatic heterocycles. The summed E-state index contributed by atoms with van der Waals surface area (Å²) in [5.41, 5.74) is 3.24. The van der Waals surface area contributed by atoms with Crippen LogP contribution in [0.1, 0.15) is 35.1 Å². The minimum absolute atomic E-state index is 0.0981. The van der Waals surface area contributed by atoms with Crippen LogP contribution in [-0.2, 0) is 20.9 Å². The number of benzene rings is 1. The van der Waals surface area contributed by atoms with Gasteiger partial charge in [-0.2, -0.15) is 0 Å². The lowest BCUT2D eigenvalue weighted by molar-refractivity contribution is -0.147. The quantitative estimate of drug-likeness (QED) is 0.393. The van der Waals surface area contributed by atoms with Crippen LogP contribution < -0.4 is 4.90 Å². The summed E-state index contributed by atoms with van der Waals surface area (Å²) in [6.07, 6.45) is 2.07. The normalized spacial score (nSPS) is 16.3. The lowest BCUT2D eigenvalue weighted by atomic mass is 10.1. The second-order valence-electron chi connectivity index (χ2n) is 7.17. The van der Waals surface area contributed by atoms with Gasteiger partial charge in [0.1, 0.15) is 0 Å². The molecule has 3 rings (SSSR count). The number of hydrogen-bond donors (Lipinski definition) is 0. The summed E-state index contributed by atoms with van der Waals surface area (Å²) in [6, 6.07) is 9.49. The monoisotopic (exact) mass is 414 g/mol. The Bertz CT molecular complexity index is 950. The highest BCUT2D eigenvalue weighted by atomic mass is 32.2. The molecule has 6 nitrogen and oxygen atoms in total. The number of amides is 1. The Labute approximate surface area is 175 Å². The van der Waals surface area contributed by atoms with Crippen LogP contribution >= 0.6 is 11.8 Å². The molecule has 1 atom stereocenters. The lowest BCUT2D eigenvalue weighted by Gasteiger charge is -2.17. The van der Waals surface area contributed by atoms with Crippen LogP contribution in [-0.4, -0.2) is 41.6 Å². The zero-order chi connectivity index (χ0) is 21.1. The maximum absolute atomic E-state index is 12.5. The third-order valence-corrected chi connectivity index (χ3v) is 6.08. The van der Waals surface area contributed by atoms with Gasteiger partial charge in [0.25, 0.3) is 0 Å². The fourth-order valence-electron chi connectivity index (χ4n) is 3.80. The van der Waals surface area contributed by atoms with Gasteiger partial charge in [0, 0.05) is 47.0 Å². The largest absolute Gasteiger partial charge is 0.457 e. The fourth-order valence-corrected chi connectivity index (χ4v) is 4.25. The first-order valence-corrected chi connectivity index (χ1v) is 10.9. The third-order valence-electron chi connectivity index (χ3n) is 5.36. The molecule has 1 amide bonds. The standard InChI is InChI=1S/C22H26N2O4S/c1-5-23-14(2)9-19(15(23)3)20(25)13-28-22(27)16-10-21(26)24(12-16)17-7-6-8-18(11-17)29-4/h6-9,11,16H,5,10,12-13H2,1-4H3/t16-/m1/s1. The highest BCUT2D eigenvalue weighted by molar-refractivity contribution is 7.98. The Hall–Kier alpha value is -2.54. The van der Waals surface area contributed by atoms with Gasteiger partial charge in [-0.05, 0) is 51.3 Å². The number of Topliss-reactive ketones (excluding diaryl/α,β-unsaturated/α-hetero) is 1. The van der Waals surface area contributed by atoms with E-state index in [-0.39, 0.29) is 31.3 Å². The Morgan fingerprint density at radius 1 is 1.24 bits per heavy atom. The Morgan fingerprint density at radius 3 is 2.66 bits per heavy atom. The maximum Gasteiger partial charge on any atom is 0.311 e. The van der Waals surface area contributed by atoms with Gasteiger partial charge in [-0.15, -0.1) is 11.8 Å². The van der Waals surface area contributed by atoms with Gasteiger partial charge >= 0.3 is 5.97 Å². The topological polar surface area (TPSA) is 68.6 Å². The van der Waals surface area contributed by atoms with E-state index in [1.165, 1.54) is 0 Å². The average molecular weight is 415 g/mol. The lowest BCUT2D eigenvalue weighted by Crippen LogP contribution is -2.27. The second kappa shape index (κ2) is 8.86. The van der Waals surface area contributed by atoms with Crippen molar-refractivity contribution in [2.24, 2.45) is 5.92 Å². The van der Waals surface area contributed by atoms with Crippen LogP contribution in [0.25, 0.3) is 0 Å². The first-order chi connectivity index (χ1) is 13.8. The Balaban J connectivity index is 1.61. The molecule has 0 spiro atoms. The van der Waals surface area contributed by atoms with Crippen molar-refractivity contribution in [3.05, 3.63) is 47.3 Å². The summed E-state index contributed by atoms with van der Waals surface area (Å²) in [5.74, 6) is -1.39. The molecule has 1 aromatic heterocycles. The average Bonchev–Trinajstić information content (AvgIpc) is 3.25. The molecule has 0 saturated carbocycles. The van der Waals surface area contributed by atoms with Crippen LogP contribution in [0, 0.1) is 19.8 Å². The van der Waals surface area contributed by atoms with E-state index in [9.17, 15) is 14.4 Å². The molecule has 1 aromatic carbocycles. The smallest absolute Gasteiger partial charge is 0.311 e. The maximum atomic E-state index is 12.5. The van der Waals surface area contributed by atoms with E-state index in [1.807, 2.05) is 61.9 Å². The molecular weight excluding hydrogens is 388 g/mol. The zero-order valence-corrected chi connectivity index (χ0v) is 18.0. The molecular formula is C22H26N2O4S. The molecule has 0 bridgehead atoms. The first-order valence-electron chi connectivity index (χ1n) is 9.66. The number of ether oxygens (including phenoxy) is 1. The molecule has 1 fully saturated rings. The number of hydrogen-bond acceptors (Lipinski definition) is 5. The number of rotatable bonds is 7. The van der Waals surface area contributed by atoms with Gasteiger partial charge in [-0.25, -0.2) is 0 Å². The predicted octanol–water partition coefficient (Wildman–Crippen LogP) is 3.63. The molecule has 29 heavy (non-hydrogen) atoms. The van der Waals surface area contributed by atoms with E-state index in [1.54, 1.807) is 16.7 Å². The zero-order valence-electron chi connectivity index (χ0n) is 17.2. The van der Waals surface area contributed by atoms with Gasteiger partial charge in [-0.3, -0.25) is 14.4 Å². The van der Waals surface area contributed by atoms with Crippen molar-refractivity contribution < 1.29 is 19.1 Å². The van der Waals surface area contributed by atoms with Crippen LogP contribution in [0.2, 0.25) is 0 Å². The number of esters is 1. The number of aryl methyl sites for hydroxylation is 1. The minimum Gasteiger partial charge on any atom is -0.457 e. The van der Waals surface area contributed by atoms with E-state index in [4.69, 9.17) is 4.74 Å². The number of nitrogens with zero attached hydrogens (tertiary/aromatic N) is 2. The molecule has 0 N–H and O–H groups in total. The van der Waals surface area contributed by atoms with Gasteiger partial charge in [0.2, 0.25) is 11.7 Å². The number of anilines is 1. The highest BCUT2D eigenvalue weighted by Crippen LogP contribution is 2.28. The first kappa shape index (κ1) is 21.2. The molecule has 1 aliphatic rings. The molecule has 2 heterocycles. The second-order valence-corrected chi connectivity index (χ2v) is 8.05. The van der Waals surface area contributed by atoms with Gasteiger partial charge in [0.15, 0.2) is 6.61 Å². The third kappa shape index (κ3) is 4.40. The van der Waals surface area contributed by atoms with Crippen molar-refractivity contribution in [3.8, 4) is 0 Å². The Kier molecular flexibility index (Phi) is 6.47. The molecule has 0 aliphatic carbocycles. The van der Waals surface area contributed by atoms with E-state index in [0.717, 1.165) is 28.5 Å². The summed E-state index contributed by atoms with van der Waals surface area (Å²) in [4.78, 5) is 40.1. The number of carbonyl (C=O) groups is 3. The van der Waals surface area contributed by atoms with Crippen LogP contribution in [0.15, 0.2) is 35.2 Å².